The highest BCUT2D eigenvalue weighted by Crippen LogP contribution is 2.25. The van der Waals surface area contributed by atoms with Gasteiger partial charge in [-0.05, 0) is 90.9 Å². The molecule has 0 unspecified atom stereocenters. The van der Waals surface area contributed by atoms with Gasteiger partial charge in [0.15, 0.2) is 0 Å². The van der Waals surface area contributed by atoms with Gasteiger partial charge in [-0.3, -0.25) is 9.69 Å². The fourth-order valence-electron chi connectivity index (χ4n) is 4.29. The van der Waals surface area contributed by atoms with E-state index >= 15 is 0 Å². The standard InChI is InChI=1S/C31H38ClN3O3/c1-6-13-35(20-24-7-9-26(10-8-24)21(2)3)14-15-38-30-22(4)16-25(17-23(30)5)19-33-34-31(37)27-11-12-29(36)28(32)18-27/h7-12,16-19,21,36H,6,13-15,20H2,1-5H3,(H,34,37)/b33-19+. The third-order valence-corrected chi connectivity index (χ3v) is 6.62. The summed E-state index contributed by atoms with van der Waals surface area (Å²) in [6.45, 7) is 14.0. The largest absolute Gasteiger partial charge is 0.506 e. The van der Waals surface area contributed by atoms with Crippen molar-refractivity contribution in [2.24, 2.45) is 5.10 Å². The molecule has 0 aliphatic carbocycles. The number of aromatic hydroxyl groups is 1. The Labute approximate surface area is 231 Å². The molecule has 0 heterocycles. The van der Waals surface area contributed by atoms with E-state index < -0.39 is 5.91 Å². The number of hydrogen-bond acceptors (Lipinski definition) is 5. The molecular weight excluding hydrogens is 498 g/mol. The number of rotatable bonds is 12. The number of hydrogen-bond donors (Lipinski definition) is 2. The molecule has 0 aliphatic rings. The summed E-state index contributed by atoms with van der Waals surface area (Å²) < 4.78 is 6.22. The van der Waals surface area contributed by atoms with E-state index in [2.05, 4.69) is 60.5 Å². The molecule has 3 aromatic rings. The summed E-state index contributed by atoms with van der Waals surface area (Å²) in [7, 11) is 0. The lowest BCUT2D eigenvalue weighted by molar-refractivity contribution is 0.0955. The Kier molecular flexibility index (Phi) is 10.7. The first-order chi connectivity index (χ1) is 18.2. The number of ether oxygens (including phenoxy) is 1. The first-order valence-electron chi connectivity index (χ1n) is 13.0. The van der Waals surface area contributed by atoms with Crippen LogP contribution in [0.4, 0.5) is 0 Å². The van der Waals surface area contributed by atoms with Crippen LogP contribution in [0.15, 0.2) is 59.7 Å². The van der Waals surface area contributed by atoms with Gasteiger partial charge in [0.05, 0.1) is 11.2 Å². The number of halogens is 1. The Morgan fingerprint density at radius 1 is 1.08 bits per heavy atom. The van der Waals surface area contributed by atoms with Crippen LogP contribution in [0.3, 0.4) is 0 Å². The van der Waals surface area contributed by atoms with Gasteiger partial charge in [0, 0.05) is 18.7 Å². The summed E-state index contributed by atoms with van der Waals surface area (Å²) in [5.41, 5.74) is 8.35. The molecule has 0 bridgehead atoms. The quantitative estimate of drug-likeness (QED) is 0.197. The molecule has 0 aromatic heterocycles. The van der Waals surface area contributed by atoms with Crippen LogP contribution < -0.4 is 10.2 Å². The number of hydrazone groups is 1. The Bertz CT molecular complexity index is 1230. The zero-order chi connectivity index (χ0) is 27.7. The van der Waals surface area contributed by atoms with E-state index in [4.69, 9.17) is 16.3 Å². The Morgan fingerprint density at radius 3 is 2.37 bits per heavy atom. The van der Waals surface area contributed by atoms with Gasteiger partial charge in [-0.15, -0.1) is 0 Å². The van der Waals surface area contributed by atoms with E-state index in [1.165, 1.54) is 29.3 Å². The van der Waals surface area contributed by atoms with Gasteiger partial charge >= 0.3 is 0 Å². The molecule has 38 heavy (non-hydrogen) atoms. The molecule has 0 saturated carbocycles. The molecule has 2 N–H and O–H groups in total. The Hall–Kier alpha value is -3.35. The predicted octanol–water partition coefficient (Wildman–Crippen LogP) is 6.84. The first-order valence-corrected chi connectivity index (χ1v) is 13.4. The lowest BCUT2D eigenvalue weighted by Crippen LogP contribution is -2.29. The average Bonchev–Trinajstić information content (AvgIpc) is 2.87. The zero-order valence-electron chi connectivity index (χ0n) is 22.9. The summed E-state index contributed by atoms with van der Waals surface area (Å²) in [6, 6.07) is 17.1. The minimum absolute atomic E-state index is 0.0746. The van der Waals surface area contributed by atoms with Crippen LogP contribution in [0.2, 0.25) is 5.02 Å². The molecule has 0 saturated heterocycles. The number of carbonyl (C=O) groups excluding carboxylic acids is 1. The Balaban J connectivity index is 1.56. The molecule has 1 amide bonds. The molecule has 3 rings (SSSR count). The highest BCUT2D eigenvalue weighted by molar-refractivity contribution is 6.32. The molecule has 3 aromatic carbocycles. The lowest BCUT2D eigenvalue weighted by Gasteiger charge is -2.23. The van der Waals surface area contributed by atoms with E-state index in [1.54, 1.807) is 6.21 Å². The summed E-state index contributed by atoms with van der Waals surface area (Å²) in [6.07, 6.45) is 2.68. The van der Waals surface area contributed by atoms with Crippen LogP contribution in [0.25, 0.3) is 0 Å². The molecule has 0 aliphatic heterocycles. The zero-order valence-corrected chi connectivity index (χ0v) is 23.7. The first kappa shape index (κ1) is 29.2. The van der Waals surface area contributed by atoms with Crippen molar-refractivity contribution in [1.29, 1.82) is 0 Å². The van der Waals surface area contributed by atoms with E-state index in [9.17, 15) is 9.90 Å². The highest BCUT2D eigenvalue weighted by Gasteiger charge is 2.11. The summed E-state index contributed by atoms with van der Waals surface area (Å²) in [4.78, 5) is 14.7. The second kappa shape index (κ2) is 14.0. The van der Waals surface area contributed by atoms with Crippen molar-refractivity contribution in [1.82, 2.24) is 10.3 Å². The monoisotopic (exact) mass is 535 g/mol. The molecule has 7 heteroatoms. The highest BCUT2D eigenvalue weighted by atomic mass is 35.5. The number of phenols is 1. The fourth-order valence-corrected chi connectivity index (χ4v) is 4.47. The number of nitrogens with zero attached hydrogens (tertiary/aromatic N) is 2. The maximum atomic E-state index is 12.3. The van der Waals surface area contributed by atoms with Gasteiger partial charge in [-0.1, -0.05) is 56.6 Å². The van der Waals surface area contributed by atoms with Crippen molar-refractivity contribution in [2.45, 2.75) is 53.5 Å². The maximum Gasteiger partial charge on any atom is 0.271 e. The SMILES string of the molecule is CCCN(CCOc1c(C)cc(/C=N/NC(=O)c2ccc(O)c(Cl)c2)cc1C)Cc1ccc(C(C)C)cc1. The van der Waals surface area contributed by atoms with Gasteiger partial charge in [0.1, 0.15) is 18.1 Å². The lowest BCUT2D eigenvalue weighted by atomic mass is 10.0. The second-order valence-electron chi connectivity index (χ2n) is 9.87. The predicted molar refractivity (Wildman–Crippen MR) is 156 cm³/mol. The van der Waals surface area contributed by atoms with Gasteiger partial charge < -0.3 is 9.84 Å². The molecule has 0 atom stereocenters. The molecule has 0 fully saturated rings. The number of benzene rings is 3. The van der Waals surface area contributed by atoms with Crippen molar-refractivity contribution >= 4 is 23.7 Å². The summed E-state index contributed by atoms with van der Waals surface area (Å²) in [5.74, 6) is 0.929. The van der Waals surface area contributed by atoms with Crippen molar-refractivity contribution in [3.63, 3.8) is 0 Å². The van der Waals surface area contributed by atoms with Crippen LogP contribution in [-0.4, -0.2) is 41.8 Å². The number of amides is 1. The number of nitrogens with one attached hydrogen (secondary N) is 1. The summed E-state index contributed by atoms with van der Waals surface area (Å²) in [5, 5.41) is 13.7. The number of phenolic OH excluding ortho intramolecular Hbond substituents is 1. The van der Waals surface area contributed by atoms with Crippen molar-refractivity contribution in [2.75, 3.05) is 19.7 Å². The maximum absolute atomic E-state index is 12.3. The van der Waals surface area contributed by atoms with Crippen LogP contribution in [0, 0.1) is 13.8 Å². The number of carbonyl (C=O) groups is 1. The molecule has 202 valence electrons. The Morgan fingerprint density at radius 2 is 1.76 bits per heavy atom. The summed E-state index contributed by atoms with van der Waals surface area (Å²) >= 11 is 5.87. The normalized spacial score (nSPS) is 11.5. The van der Waals surface area contributed by atoms with Gasteiger partial charge in [0.2, 0.25) is 0 Å². The van der Waals surface area contributed by atoms with Gasteiger partial charge in [-0.25, -0.2) is 5.43 Å². The topological polar surface area (TPSA) is 74.2 Å². The van der Waals surface area contributed by atoms with Crippen LogP contribution in [-0.2, 0) is 6.54 Å². The van der Waals surface area contributed by atoms with Gasteiger partial charge in [0.25, 0.3) is 5.91 Å². The molecule has 6 nitrogen and oxygen atoms in total. The minimum Gasteiger partial charge on any atom is -0.506 e. The fraction of sp³-hybridized carbons (Fsp3) is 0.355. The van der Waals surface area contributed by atoms with Crippen LogP contribution >= 0.6 is 11.6 Å². The molecular formula is C31H38ClN3O3. The smallest absolute Gasteiger partial charge is 0.271 e. The van der Waals surface area contributed by atoms with Gasteiger partial charge in [-0.2, -0.15) is 5.10 Å². The third-order valence-electron chi connectivity index (χ3n) is 6.32. The van der Waals surface area contributed by atoms with E-state index in [0.29, 0.717) is 18.1 Å². The minimum atomic E-state index is -0.413. The second-order valence-corrected chi connectivity index (χ2v) is 10.3. The average molecular weight is 536 g/mol. The van der Waals surface area contributed by atoms with Crippen molar-refractivity contribution < 1.29 is 14.6 Å². The number of aryl methyl sites for hydroxylation is 2. The molecule has 0 spiro atoms. The molecule has 0 radical (unpaired) electrons. The van der Waals surface area contributed by atoms with Crippen molar-refractivity contribution in [3.8, 4) is 11.5 Å². The third kappa shape index (κ3) is 8.33. The van der Waals surface area contributed by atoms with E-state index in [1.807, 2.05) is 26.0 Å². The van der Waals surface area contributed by atoms with E-state index in [-0.39, 0.29) is 10.8 Å². The van der Waals surface area contributed by atoms with Crippen molar-refractivity contribution in [3.05, 3.63) is 93.0 Å². The van der Waals surface area contributed by atoms with Crippen LogP contribution in [0.5, 0.6) is 11.5 Å². The van der Waals surface area contributed by atoms with Crippen LogP contribution in [0.1, 0.15) is 71.3 Å². The van der Waals surface area contributed by atoms with E-state index in [0.717, 1.165) is 48.5 Å².